The topological polar surface area (TPSA) is 24.9 Å². The van der Waals surface area contributed by atoms with Crippen molar-refractivity contribution in [3.63, 3.8) is 0 Å². The van der Waals surface area contributed by atoms with Gasteiger partial charge in [0.15, 0.2) is 0 Å². The zero-order chi connectivity index (χ0) is 8.97. The first-order chi connectivity index (χ1) is 5.76. The summed E-state index contributed by atoms with van der Waals surface area (Å²) in [5.74, 6) is 0. The lowest BCUT2D eigenvalue weighted by molar-refractivity contribution is 0.612. The number of hydrogen-bond acceptors (Lipinski definition) is 3. The molecule has 0 amide bonds. The molecule has 12 heavy (non-hydrogen) atoms. The molecule has 1 aromatic rings. The summed E-state index contributed by atoms with van der Waals surface area (Å²) in [5, 5.41) is 4.46. The largest absolute Gasteiger partial charge is 0.317 e. The first-order valence-corrected chi connectivity index (χ1v) is 5.18. The van der Waals surface area contributed by atoms with Gasteiger partial charge in [0.05, 0.1) is 5.01 Å². The van der Waals surface area contributed by atoms with Gasteiger partial charge in [-0.05, 0) is 26.8 Å². The van der Waals surface area contributed by atoms with Crippen LogP contribution >= 0.6 is 11.3 Å². The predicted molar refractivity (Wildman–Crippen MR) is 53.7 cm³/mol. The quantitative estimate of drug-likeness (QED) is 0.772. The highest BCUT2D eigenvalue weighted by Gasteiger charge is 2.03. The van der Waals surface area contributed by atoms with Crippen molar-refractivity contribution in [2.24, 2.45) is 0 Å². The molecule has 1 atom stereocenters. The van der Waals surface area contributed by atoms with Crippen molar-refractivity contribution in [3.05, 3.63) is 16.1 Å². The number of aromatic nitrogens is 1. The summed E-state index contributed by atoms with van der Waals surface area (Å²) in [4.78, 5) is 5.70. The zero-order valence-corrected chi connectivity index (χ0v) is 8.74. The molecule has 1 aromatic heterocycles. The van der Waals surface area contributed by atoms with Gasteiger partial charge in [-0.25, -0.2) is 4.98 Å². The number of likely N-dealkylation sites (N-methyl/N-ethyl adjacent to an activating group) is 1. The van der Waals surface area contributed by atoms with Gasteiger partial charge >= 0.3 is 0 Å². The van der Waals surface area contributed by atoms with Gasteiger partial charge in [-0.1, -0.05) is 6.92 Å². The molecule has 0 saturated heterocycles. The average molecular weight is 184 g/mol. The van der Waals surface area contributed by atoms with E-state index in [1.165, 1.54) is 9.88 Å². The maximum absolute atomic E-state index is 4.31. The van der Waals surface area contributed by atoms with Gasteiger partial charge in [0, 0.05) is 17.1 Å². The molecule has 0 aliphatic carbocycles. The Morgan fingerprint density at radius 1 is 1.67 bits per heavy atom. The predicted octanol–water partition coefficient (Wildman–Crippen LogP) is 1.86. The Hall–Kier alpha value is -0.410. The molecule has 68 valence electrons. The Labute approximate surface area is 78.0 Å². The van der Waals surface area contributed by atoms with Gasteiger partial charge in [-0.15, -0.1) is 11.3 Å². The lowest BCUT2D eigenvalue weighted by atomic mass is 10.2. The van der Waals surface area contributed by atoms with Crippen LogP contribution in [0.5, 0.6) is 0 Å². The number of hydrogen-bond donors (Lipinski definition) is 1. The fourth-order valence-electron chi connectivity index (χ4n) is 1.01. The summed E-state index contributed by atoms with van der Waals surface area (Å²) in [5.41, 5.74) is 0. The van der Waals surface area contributed by atoms with Crippen LogP contribution in [0.1, 0.15) is 23.7 Å². The van der Waals surface area contributed by atoms with Crippen LogP contribution in [-0.4, -0.2) is 18.1 Å². The minimum atomic E-state index is 0.551. The van der Waals surface area contributed by atoms with Crippen molar-refractivity contribution in [2.75, 3.05) is 7.05 Å². The Bertz CT molecular complexity index is 232. The molecule has 1 heterocycles. The van der Waals surface area contributed by atoms with Crippen molar-refractivity contribution < 1.29 is 0 Å². The summed E-state index contributed by atoms with van der Waals surface area (Å²) in [6, 6.07) is 0.551. The minimum Gasteiger partial charge on any atom is -0.317 e. The van der Waals surface area contributed by atoms with Gasteiger partial charge in [0.1, 0.15) is 0 Å². The zero-order valence-electron chi connectivity index (χ0n) is 7.92. The van der Waals surface area contributed by atoms with E-state index in [0.29, 0.717) is 6.04 Å². The molecule has 0 aromatic carbocycles. The number of rotatable bonds is 4. The summed E-state index contributed by atoms with van der Waals surface area (Å²) in [6.45, 7) is 4.33. The summed E-state index contributed by atoms with van der Waals surface area (Å²) >= 11 is 1.83. The van der Waals surface area contributed by atoms with E-state index in [1.807, 2.05) is 24.6 Å². The monoisotopic (exact) mass is 184 g/mol. The third-order valence-electron chi connectivity index (χ3n) is 1.90. The van der Waals surface area contributed by atoms with Crippen molar-refractivity contribution in [1.82, 2.24) is 10.3 Å². The van der Waals surface area contributed by atoms with E-state index in [9.17, 15) is 0 Å². The first kappa shape index (κ1) is 9.68. The Balaban J connectivity index is 2.52. The SMILES string of the molecule is CCc1ncc(CC(C)NC)s1. The van der Waals surface area contributed by atoms with Crippen molar-refractivity contribution in [1.29, 1.82) is 0 Å². The third-order valence-corrected chi connectivity index (χ3v) is 3.07. The standard InChI is InChI=1S/C9H16N2S/c1-4-9-11-6-8(12-9)5-7(2)10-3/h6-7,10H,4-5H2,1-3H3. The maximum Gasteiger partial charge on any atom is 0.0924 e. The highest BCUT2D eigenvalue weighted by atomic mass is 32.1. The number of nitrogens with zero attached hydrogens (tertiary/aromatic N) is 1. The minimum absolute atomic E-state index is 0.551. The van der Waals surface area contributed by atoms with Gasteiger partial charge in [-0.2, -0.15) is 0 Å². The Kier molecular flexibility index (Phi) is 3.69. The van der Waals surface area contributed by atoms with Crippen LogP contribution in [0.4, 0.5) is 0 Å². The molecule has 0 bridgehead atoms. The van der Waals surface area contributed by atoms with Crippen LogP contribution in [0.15, 0.2) is 6.20 Å². The number of aryl methyl sites for hydroxylation is 1. The molecular weight excluding hydrogens is 168 g/mol. The fourth-order valence-corrected chi connectivity index (χ4v) is 2.00. The lowest BCUT2D eigenvalue weighted by Crippen LogP contribution is -2.22. The van der Waals surface area contributed by atoms with E-state index in [1.54, 1.807) is 0 Å². The van der Waals surface area contributed by atoms with Crippen molar-refractivity contribution >= 4 is 11.3 Å². The molecule has 0 saturated carbocycles. The van der Waals surface area contributed by atoms with E-state index in [0.717, 1.165) is 12.8 Å². The van der Waals surface area contributed by atoms with Gasteiger partial charge < -0.3 is 5.32 Å². The Morgan fingerprint density at radius 2 is 2.42 bits per heavy atom. The van der Waals surface area contributed by atoms with Crippen LogP contribution < -0.4 is 5.32 Å². The molecular formula is C9H16N2S. The summed E-state index contributed by atoms with van der Waals surface area (Å²) in [6.07, 6.45) is 4.14. The van der Waals surface area contributed by atoms with Crippen molar-refractivity contribution in [2.45, 2.75) is 32.7 Å². The van der Waals surface area contributed by atoms with Crippen LogP contribution in [0, 0.1) is 0 Å². The molecule has 1 N–H and O–H groups in total. The normalized spacial score (nSPS) is 13.2. The molecule has 0 aliphatic heterocycles. The van der Waals surface area contributed by atoms with E-state index < -0.39 is 0 Å². The smallest absolute Gasteiger partial charge is 0.0924 e. The molecule has 0 fully saturated rings. The molecule has 0 spiro atoms. The van der Waals surface area contributed by atoms with E-state index in [-0.39, 0.29) is 0 Å². The van der Waals surface area contributed by atoms with E-state index >= 15 is 0 Å². The van der Waals surface area contributed by atoms with Gasteiger partial charge in [-0.3, -0.25) is 0 Å². The van der Waals surface area contributed by atoms with Crippen LogP contribution in [-0.2, 0) is 12.8 Å². The molecule has 1 rings (SSSR count). The lowest BCUT2D eigenvalue weighted by Gasteiger charge is -2.06. The second-order valence-corrected chi connectivity index (χ2v) is 4.17. The summed E-state index contributed by atoms with van der Waals surface area (Å²) in [7, 11) is 1.99. The van der Waals surface area contributed by atoms with E-state index in [4.69, 9.17) is 0 Å². The maximum atomic E-state index is 4.31. The molecule has 0 aliphatic rings. The van der Waals surface area contributed by atoms with Crippen LogP contribution in [0.2, 0.25) is 0 Å². The highest BCUT2D eigenvalue weighted by Crippen LogP contribution is 2.14. The molecule has 3 heteroatoms. The number of nitrogens with one attached hydrogen (secondary N) is 1. The summed E-state index contributed by atoms with van der Waals surface area (Å²) < 4.78 is 0. The van der Waals surface area contributed by atoms with Gasteiger partial charge in [0.2, 0.25) is 0 Å². The fraction of sp³-hybridized carbons (Fsp3) is 0.667. The highest BCUT2D eigenvalue weighted by molar-refractivity contribution is 7.11. The van der Waals surface area contributed by atoms with Crippen LogP contribution in [0.25, 0.3) is 0 Å². The third kappa shape index (κ3) is 2.57. The van der Waals surface area contributed by atoms with Crippen LogP contribution in [0.3, 0.4) is 0 Å². The molecule has 1 unspecified atom stereocenters. The van der Waals surface area contributed by atoms with E-state index in [2.05, 4.69) is 24.1 Å². The average Bonchev–Trinajstić information content (AvgIpc) is 2.52. The number of thiazole rings is 1. The van der Waals surface area contributed by atoms with Crippen molar-refractivity contribution in [3.8, 4) is 0 Å². The molecule has 2 nitrogen and oxygen atoms in total. The van der Waals surface area contributed by atoms with Gasteiger partial charge in [0.25, 0.3) is 0 Å². The first-order valence-electron chi connectivity index (χ1n) is 4.37. The second kappa shape index (κ2) is 4.58. The second-order valence-electron chi connectivity index (χ2n) is 2.97. The Morgan fingerprint density at radius 3 is 2.92 bits per heavy atom. The molecule has 0 radical (unpaired) electrons.